The molecule has 5 N–H and O–H groups in total. The number of imidazole rings is 1. The van der Waals surface area contributed by atoms with Gasteiger partial charge in [0.1, 0.15) is 35.1 Å². The number of anilines is 3. The second kappa shape index (κ2) is 21.8. The maximum Gasteiger partial charge on any atom is 0.228 e. The SMILES string of the molecule is C=C(NCCc1ccccc1C)c1cc(NC(C)/C=C/C(C)=N\NCC)c2c(c1)OCCCOc1cc(C=O)cc3nc(NOC(C)c4cc(C)nn4CC)n(c13)C/C=C/CN2. The number of hydrogen-bond donors (Lipinski definition) is 5. The monoisotopic (exact) mass is 842 g/mol. The molecule has 328 valence electrons. The van der Waals surface area contributed by atoms with Crippen LogP contribution >= 0.6 is 0 Å². The first kappa shape index (κ1) is 45.0. The molecular formula is C48H62N10O4. The van der Waals surface area contributed by atoms with Gasteiger partial charge in [-0.1, -0.05) is 49.1 Å². The summed E-state index contributed by atoms with van der Waals surface area (Å²) in [4.78, 5) is 23.2. The summed E-state index contributed by atoms with van der Waals surface area (Å²) >= 11 is 0. The molecule has 0 spiro atoms. The van der Waals surface area contributed by atoms with E-state index >= 15 is 0 Å². The van der Waals surface area contributed by atoms with Crippen LogP contribution in [0.1, 0.15) is 85.6 Å². The van der Waals surface area contributed by atoms with E-state index in [0.29, 0.717) is 61.3 Å². The Bertz CT molecular complexity index is 2410. The number of rotatable bonds is 17. The maximum absolute atomic E-state index is 12.1. The summed E-state index contributed by atoms with van der Waals surface area (Å²) in [5.41, 5.74) is 16.7. The first-order chi connectivity index (χ1) is 30.1. The number of nitrogens with zero attached hydrogens (tertiary/aromatic N) is 5. The van der Waals surface area contributed by atoms with Gasteiger partial charge in [0.25, 0.3) is 0 Å². The van der Waals surface area contributed by atoms with E-state index in [1.807, 2.05) is 55.2 Å². The van der Waals surface area contributed by atoms with Crippen LogP contribution in [0, 0.1) is 13.8 Å². The summed E-state index contributed by atoms with van der Waals surface area (Å²) in [6.45, 7) is 22.5. The number of aldehydes is 1. The fraction of sp³-hybridized carbons (Fsp3) is 0.375. The lowest BCUT2D eigenvalue weighted by Crippen LogP contribution is -2.18. The Balaban J connectivity index is 1.28. The van der Waals surface area contributed by atoms with Crippen molar-refractivity contribution in [1.82, 2.24) is 30.1 Å². The van der Waals surface area contributed by atoms with E-state index in [-0.39, 0.29) is 12.1 Å². The fourth-order valence-corrected chi connectivity index (χ4v) is 7.24. The van der Waals surface area contributed by atoms with Gasteiger partial charge in [0, 0.05) is 62.0 Å². The number of allylic oxidation sites excluding steroid dienone is 2. The van der Waals surface area contributed by atoms with Gasteiger partial charge in [-0.25, -0.2) is 10.5 Å². The van der Waals surface area contributed by atoms with Crippen molar-refractivity contribution in [2.45, 2.75) is 86.5 Å². The van der Waals surface area contributed by atoms with Crippen LogP contribution < -0.4 is 36.3 Å². The van der Waals surface area contributed by atoms with E-state index in [4.69, 9.17) is 19.3 Å². The molecule has 0 saturated carbocycles. The molecule has 0 amide bonds. The highest BCUT2D eigenvalue weighted by molar-refractivity contribution is 5.93. The van der Waals surface area contributed by atoms with Crippen molar-refractivity contribution in [2.75, 3.05) is 49.0 Å². The summed E-state index contributed by atoms with van der Waals surface area (Å²) in [5.74, 6) is 1.72. The lowest BCUT2D eigenvalue weighted by atomic mass is 10.1. The first-order valence-electron chi connectivity index (χ1n) is 21.6. The summed E-state index contributed by atoms with van der Waals surface area (Å²) in [5, 5.41) is 19.9. The highest BCUT2D eigenvalue weighted by Crippen LogP contribution is 2.37. The van der Waals surface area contributed by atoms with E-state index in [9.17, 15) is 4.79 Å². The molecule has 2 atom stereocenters. The number of hydrazone groups is 1. The molecule has 14 nitrogen and oxygen atoms in total. The Morgan fingerprint density at radius 1 is 1.06 bits per heavy atom. The highest BCUT2D eigenvalue weighted by atomic mass is 16.7. The molecule has 2 aromatic heterocycles. The predicted molar refractivity (Wildman–Crippen MR) is 251 cm³/mol. The average Bonchev–Trinajstić information content (AvgIpc) is 3.83. The third kappa shape index (κ3) is 11.6. The molecule has 1 aliphatic heterocycles. The number of nitrogens with one attached hydrogen (secondary N) is 5. The first-order valence-corrected chi connectivity index (χ1v) is 21.6. The third-order valence-electron chi connectivity index (χ3n) is 10.5. The van der Waals surface area contributed by atoms with Gasteiger partial charge in [-0.05, 0) is 102 Å². The van der Waals surface area contributed by atoms with Gasteiger partial charge in [-0.2, -0.15) is 10.2 Å². The van der Waals surface area contributed by atoms with Crippen LogP contribution in [0.15, 0.2) is 90.6 Å². The zero-order chi connectivity index (χ0) is 44.0. The quantitative estimate of drug-likeness (QED) is 0.0264. The zero-order valence-corrected chi connectivity index (χ0v) is 37.2. The summed E-state index contributed by atoms with van der Waals surface area (Å²) in [6, 6.07) is 18.1. The van der Waals surface area contributed by atoms with Crippen LogP contribution in [0.25, 0.3) is 16.7 Å². The number of aryl methyl sites for hydroxylation is 3. The van der Waals surface area contributed by atoms with Crippen molar-refractivity contribution in [3.8, 4) is 11.5 Å². The van der Waals surface area contributed by atoms with E-state index in [1.165, 1.54) is 11.1 Å². The summed E-state index contributed by atoms with van der Waals surface area (Å²) in [7, 11) is 0. The largest absolute Gasteiger partial charge is 0.491 e. The van der Waals surface area contributed by atoms with Gasteiger partial charge >= 0.3 is 0 Å². The number of carbonyl (C=O) groups excluding carboxylic acids is 1. The lowest BCUT2D eigenvalue weighted by molar-refractivity contribution is 0.105. The summed E-state index contributed by atoms with van der Waals surface area (Å²) in [6.07, 6.45) is 10.2. The molecule has 6 rings (SSSR count). The second-order valence-electron chi connectivity index (χ2n) is 15.4. The fourth-order valence-electron chi connectivity index (χ4n) is 7.24. The van der Waals surface area contributed by atoms with Crippen molar-refractivity contribution in [3.63, 3.8) is 0 Å². The predicted octanol–water partition coefficient (Wildman–Crippen LogP) is 8.76. The van der Waals surface area contributed by atoms with Gasteiger partial charge in [0.05, 0.1) is 41.5 Å². The van der Waals surface area contributed by atoms with E-state index in [2.05, 4.69) is 113 Å². The third-order valence-corrected chi connectivity index (χ3v) is 10.5. The Morgan fingerprint density at radius 2 is 1.87 bits per heavy atom. The van der Waals surface area contributed by atoms with Crippen LogP contribution in [0.5, 0.6) is 11.5 Å². The number of carbonyl (C=O) groups is 1. The van der Waals surface area contributed by atoms with E-state index in [1.54, 1.807) is 12.1 Å². The summed E-state index contributed by atoms with van der Waals surface area (Å²) < 4.78 is 16.9. The van der Waals surface area contributed by atoms with Crippen LogP contribution in [0.2, 0.25) is 0 Å². The molecule has 14 heteroatoms. The molecule has 0 bridgehead atoms. The number of fused-ring (bicyclic) bond motifs is 1. The van der Waals surface area contributed by atoms with Crippen LogP contribution in [0.3, 0.4) is 0 Å². The molecule has 62 heavy (non-hydrogen) atoms. The van der Waals surface area contributed by atoms with Gasteiger partial charge in [-0.3, -0.25) is 14.3 Å². The number of aromatic nitrogens is 4. The molecule has 0 aliphatic carbocycles. The lowest BCUT2D eigenvalue weighted by Gasteiger charge is -2.22. The Morgan fingerprint density at radius 3 is 2.65 bits per heavy atom. The number of hydrogen-bond acceptors (Lipinski definition) is 12. The van der Waals surface area contributed by atoms with E-state index in [0.717, 1.165) is 77.6 Å². The molecule has 0 radical (unpaired) electrons. The smallest absolute Gasteiger partial charge is 0.228 e. The molecular weight excluding hydrogens is 781 g/mol. The molecule has 2 unspecified atom stereocenters. The number of ether oxygens (including phenoxy) is 2. The van der Waals surface area contributed by atoms with Crippen LogP contribution in [0.4, 0.5) is 17.3 Å². The topological polar surface area (TPSA) is 153 Å². The van der Waals surface area contributed by atoms with Crippen molar-refractivity contribution in [3.05, 3.63) is 119 Å². The molecule has 3 heterocycles. The molecule has 3 aromatic carbocycles. The van der Waals surface area contributed by atoms with Crippen molar-refractivity contribution >= 4 is 46.1 Å². The van der Waals surface area contributed by atoms with Crippen molar-refractivity contribution < 1.29 is 19.1 Å². The minimum Gasteiger partial charge on any atom is -0.491 e. The minimum absolute atomic E-state index is 0.0495. The Kier molecular flexibility index (Phi) is 15.8. The standard InChI is InChI=1S/C48H62N10O4/c1-9-51-54-34(5)19-18-33(4)52-41-29-40(36(7)49-22-20-39-17-12-11-16-32(39)3)30-44-46(41)50-21-13-14-23-57-47-42(27-38(31-59)28-45(47)61-25-15-24-60-44)53-48(57)56-62-37(8)43-26-35(6)55-58(43)10-2/h11-14,16-19,26-31,33,37,49-52H,7,9-10,15,20-25H2,1-6,8H3,(H,53,56)/b14-13+,19-18+,54-34-. The number of benzene rings is 3. The molecule has 0 fully saturated rings. The highest BCUT2D eigenvalue weighted by Gasteiger charge is 2.20. The average molecular weight is 843 g/mol. The normalized spacial score (nSPS) is 14.9. The van der Waals surface area contributed by atoms with Crippen LogP contribution in [-0.4, -0.2) is 70.2 Å². The molecule has 5 aromatic rings. The van der Waals surface area contributed by atoms with Gasteiger partial charge < -0.3 is 35.4 Å². The Labute approximate surface area is 365 Å². The van der Waals surface area contributed by atoms with Crippen LogP contribution in [-0.2, 0) is 24.3 Å². The zero-order valence-electron chi connectivity index (χ0n) is 37.2. The maximum atomic E-state index is 12.1. The van der Waals surface area contributed by atoms with Crippen molar-refractivity contribution in [1.29, 1.82) is 0 Å². The minimum atomic E-state index is -0.324. The second-order valence-corrected chi connectivity index (χ2v) is 15.4. The molecule has 0 saturated heterocycles. The van der Waals surface area contributed by atoms with Gasteiger partial charge in [0.15, 0.2) is 0 Å². The van der Waals surface area contributed by atoms with Crippen molar-refractivity contribution in [2.24, 2.45) is 5.10 Å². The Hall–Kier alpha value is -6.54. The van der Waals surface area contributed by atoms with Gasteiger partial charge in [0.2, 0.25) is 5.95 Å². The van der Waals surface area contributed by atoms with Gasteiger partial charge in [-0.15, -0.1) is 0 Å². The molecule has 1 aliphatic rings. The van der Waals surface area contributed by atoms with E-state index < -0.39 is 0 Å².